The van der Waals surface area contributed by atoms with Crippen LogP contribution in [0.25, 0.3) is 11.1 Å². The molecular formula is C20H23FN2O. The zero-order valence-electron chi connectivity index (χ0n) is 14.2. The molecule has 126 valence electrons. The molecule has 4 heteroatoms. The molecule has 2 aromatic rings. The highest BCUT2D eigenvalue weighted by Gasteiger charge is 2.25. The minimum absolute atomic E-state index is 0.0787. The number of hydrogen-bond donors (Lipinski definition) is 0. The fourth-order valence-corrected chi connectivity index (χ4v) is 3.10. The van der Waals surface area contributed by atoms with Crippen LogP contribution in [0.3, 0.4) is 0 Å². The fourth-order valence-electron chi connectivity index (χ4n) is 3.10. The molecule has 1 aliphatic rings. The second-order valence-electron chi connectivity index (χ2n) is 6.46. The number of hydrogen-bond acceptors (Lipinski definition) is 2. The van der Waals surface area contributed by atoms with Gasteiger partial charge < -0.3 is 9.80 Å². The first-order valence-electron chi connectivity index (χ1n) is 8.38. The zero-order valence-corrected chi connectivity index (χ0v) is 14.2. The molecule has 0 bridgehead atoms. The molecule has 0 radical (unpaired) electrons. The molecule has 24 heavy (non-hydrogen) atoms. The maximum absolute atomic E-state index is 14.5. The summed E-state index contributed by atoms with van der Waals surface area (Å²) in [7, 11) is 2.06. The Morgan fingerprint density at radius 1 is 1.04 bits per heavy atom. The standard InChI is InChI=1S/C20H23FN2O/c1-15(20(24)23-12-10-22(2)11-13-23)17-8-9-18(19(21)14-17)16-6-4-3-5-7-16/h3-9,14-15H,10-13H2,1-2H3. The smallest absolute Gasteiger partial charge is 0.229 e. The predicted octanol–water partition coefficient (Wildman–Crippen LogP) is 3.37. The number of carbonyl (C=O) groups excluding carboxylic acids is 1. The minimum Gasteiger partial charge on any atom is -0.340 e. The van der Waals surface area contributed by atoms with E-state index in [4.69, 9.17) is 0 Å². The van der Waals surface area contributed by atoms with Crippen molar-refractivity contribution in [1.29, 1.82) is 0 Å². The Labute approximate surface area is 142 Å². The van der Waals surface area contributed by atoms with E-state index in [-0.39, 0.29) is 17.6 Å². The maximum atomic E-state index is 14.5. The second kappa shape index (κ2) is 7.14. The van der Waals surface area contributed by atoms with Crippen molar-refractivity contribution in [3.05, 3.63) is 59.9 Å². The van der Waals surface area contributed by atoms with Crippen LogP contribution in [0.5, 0.6) is 0 Å². The van der Waals surface area contributed by atoms with Crippen molar-refractivity contribution in [3.63, 3.8) is 0 Å². The van der Waals surface area contributed by atoms with Gasteiger partial charge in [-0.05, 0) is 31.2 Å². The number of halogens is 1. The summed E-state index contributed by atoms with van der Waals surface area (Å²) in [6.07, 6.45) is 0. The Morgan fingerprint density at radius 2 is 1.71 bits per heavy atom. The number of carbonyl (C=O) groups is 1. The van der Waals surface area contributed by atoms with Crippen molar-refractivity contribution in [1.82, 2.24) is 9.80 Å². The topological polar surface area (TPSA) is 23.6 Å². The second-order valence-corrected chi connectivity index (χ2v) is 6.46. The number of likely N-dealkylation sites (N-methyl/N-ethyl adjacent to an activating group) is 1. The highest BCUT2D eigenvalue weighted by atomic mass is 19.1. The van der Waals surface area contributed by atoms with Crippen LogP contribution in [-0.2, 0) is 4.79 Å². The van der Waals surface area contributed by atoms with Gasteiger partial charge in [-0.3, -0.25) is 4.79 Å². The average Bonchev–Trinajstić information content (AvgIpc) is 2.62. The molecule has 0 aliphatic carbocycles. The van der Waals surface area contributed by atoms with Crippen molar-refractivity contribution in [2.24, 2.45) is 0 Å². The van der Waals surface area contributed by atoms with E-state index in [9.17, 15) is 9.18 Å². The third-order valence-corrected chi connectivity index (χ3v) is 4.76. The van der Waals surface area contributed by atoms with E-state index >= 15 is 0 Å². The van der Waals surface area contributed by atoms with E-state index in [2.05, 4.69) is 11.9 Å². The largest absolute Gasteiger partial charge is 0.340 e. The molecule has 3 nitrogen and oxygen atoms in total. The van der Waals surface area contributed by atoms with Crippen LogP contribution in [0, 0.1) is 5.82 Å². The third kappa shape index (κ3) is 3.49. The lowest BCUT2D eigenvalue weighted by Crippen LogP contribution is -2.48. The molecule has 2 aromatic carbocycles. The Kier molecular flexibility index (Phi) is 4.95. The van der Waals surface area contributed by atoms with Crippen LogP contribution in [0.2, 0.25) is 0 Å². The van der Waals surface area contributed by atoms with Crippen LogP contribution >= 0.6 is 0 Å². The van der Waals surface area contributed by atoms with Gasteiger partial charge in [0.05, 0.1) is 5.92 Å². The van der Waals surface area contributed by atoms with Crippen molar-refractivity contribution in [2.45, 2.75) is 12.8 Å². The van der Waals surface area contributed by atoms with Gasteiger partial charge in [0.15, 0.2) is 0 Å². The first-order valence-corrected chi connectivity index (χ1v) is 8.38. The van der Waals surface area contributed by atoms with Crippen LogP contribution in [0.15, 0.2) is 48.5 Å². The molecule has 1 aliphatic heterocycles. The molecule has 0 aromatic heterocycles. The van der Waals surface area contributed by atoms with Crippen LogP contribution < -0.4 is 0 Å². The molecule has 1 saturated heterocycles. The van der Waals surface area contributed by atoms with Crippen molar-refractivity contribution >= 4 is 5.91 Å². The SMILES string of the molecule is CC(C(=O)N1CCN(C)CC1)c1ccc(-c2ccccc2)c(F)c1. The quantitative estimate of drug-likeness (QED) is 0.863. The summed E-state index contributed by atoms with van der Waals surface area (Å²) in [5, 5.41) is 0. The summed E-state index contributed by atoms with van der Waals surface area (Å²) < 4.78 is 14.5. The molecule has 1 fully saturated rings. The van der Waals surface area contributed by atoms with E-state index in [1.165, 1.54) is 6.07 Å². The molecule has 1 amide bonds. The molecule has 1 heterocycles. The molecule has 0 N–H and O–H groups in total. The van der Waals surface area contributed by atoms with Gasteiger partial charge in [-0.1, -0.05) is 42.5 Å². The van der Waals surface area contributed by atoms with Crippen LogP contribution in [-0.4, -0.2) is 48.9 Å². The van der Waals surface area contributed by atoms with Gasteiger partial charge in [0.2, 0.25) is 5.91 Å². The molecule has 0 spiro atoms. The lowest BCUT2D eigenvalue weighted by Gasteiger charge is -2.34. The Bertz CT molecular complexity index is 709. The first-order chi connectivity index (χ1) is 11.6. The van der Waals surface area contributed by atoms with Crippen LogP contribution in [0.1, 0.15) is 18.4 Å². The number of piperazine rings is 1. The van der Waals surface area contributed by atoms with E-state index < -0.39 is 0 Å². The first kappa shape index (κ1) is 16.7. The molecular weight excluding hydrogens is 303 g/mol. The average molecular weight is 326 g/mol. The van der Waals surface area contributed by atoms with Crippen molar-refractivity contribution < 1.29 is 9.18 Å². The molecule has 3 rings (SSSR count). The lowest BCUT2D eigenvalue weighted by atomic mass is 9.95. The molecule has 1 atom stereocenters. The summed E-state index contributed by atoms with van der Waals surface area (Å²) >= 11 is 0. The number of rotatable bonds is 3. The zero-order chi connectivity index (χ0) is 17.1. The van der Waals surface area contributed by atoms with Gasteiger partial charge in [-0.25, -0.2) is 4.39 Å². The Hall–Kier alpha value is -2.20. The van der Waals surface area contributed by atoms with Gasteiger partial charge in [0.1, 0.15) is 5.82 Å². The van der Waals surface area contributed by atoms with Gasteiger partial charge in [-0.2, -0.15) is 0 Å². The summed E-state index contributed by atoms with van der Waals surface area (Å²) in [5.74, 6) is -0.528. The maximum Gasteiger partial charge on any atom is 0.229 e. The van der Waals surface area contributed by atoms with Crippen molar-refractivity contribution in [2.75, 3.05) is 33.2 Å². The summed E-state index contributed by atoms with van der Waals surface area (Å²) in [6, 6.07) is 14.6. The summed E-state index contributed by atoms with van der Waals surface area (Å²) in [4.78, 5) is 16.8. The van der Waals surface area contributed by atoms with E-state index in [0.717, 1.165) is 37.3 Å². The highest BCUT2D eigenvalue weighted by molar-refractivity contribution is 5.83. The van der Waals surface area contributed by atoms with Crippen molar-refractivity contribution in [3.8, 4) is 11.1 Å². The minimum atomic E-state index is -0.326. The third-order valence-electron chi connectivity index (χ3n) is 4.76. The number of benzene rings is 2. The lowest BCUT2D eigenvalue weighted by molar-refractivity contribution is -0.134. The normalized spacial score (nSPS) is 16.9. The number of nitrogens with zero attached hydrogens (tertiary/aromatic N) is 2. The summed E-state index contributed by atoms with van der Waals surface area (Å²) in [6.45, 7) is 5.12. The Morgan fingerprint density at radius 3 is 2.33 bits per heavy atom. The van der Waals surface area contributed by atoms with E-state index in [0.29, 0.717) is 5.56 Å². The van der Waals surface area contributed by atoms with E-state index in [1.54, 1.807) is 6.07 Å². The predicted molar refractivity (Wildman–Crippen MR) is 94.3 cm³/mol. The van der Waals surface area contributed by atoms with E-state index in [1.807, 2.05) is 48.2 Å². The Balaban J connectivity index is 1.77. The van der Waals surface area contributed by atoms with Gasteiger partial charge in [0, 0.05) is 31.7 Å². The summed E-state index contributed by atoms with van der Waals surface area (Å²) in [5.41, 5.74) is 2.15. The molecule has 1 unspecified atom stereocenters. The highest BCUT2D eigenvalue weighted by Crippen LogP contribution is 2.27. The fraction of sp³-hybridized carbons (Fsp3) is 0.350. The monoisotopic (exact) mass is 326 g/mol. The van der Waals surface area contributed by atoms with Crippen LogP contribution in [0.4, 0.5) is 4.39 Å². The number of amides is 1. The molecule has 0 saturated carbocycles. The van der Waals surface area contributed by atoms with Gasteiger partial charge in [-0.15, -0.1) is 0 Å². The van der Waals surface area contributed by atoms with Gasteiger partial charge >= 0.3 is 0 Å². The van der Waals surface area contributed by atoms with Gasteiger partial charge in [0.25, 0.3) is 0 Å².